The Morgan fingerprint density at radius 1 is 1.30 bits per heavy atom. The van der Waals surface area contributed by atoms with E-state index in [0.717, 1.165) is 12.8 Å². The molecule has 5 N–H and O–H groups in total. The number of hydrogen-bond acceptors (Lipinski definition) is 5. The molecular weight excluding hydrogens is 345 g/mol. The lowest BCUT2D eigenvalue weighted by atomic mass is 10.2. The standard InChI is InChI=1S/C14H20ClN3O4.ClH/c1-21-11-7-9(14(20)18-5-3-2-4-16)6-10(15)13(11)22-8-12(17)19;/h6-7H,2-5,8,16H2,1H3,(H2,17,19)(H,18,20);1H. The monoisotopic (exact) mass is 365 g/mol. The first kappa shape index (κ1) is 21.3. The summed E-state index contributed by atoms with van der Waals surface area (Å²) >= 11 is 6.07. The van der Waals surface area contributed by atoms with E-state index in [2.05, 4.69) is 5.32 Å². The van der Waals surface area contributed by atoms with Crippen LogP contribution in [0.5, 0.6) is 11.5 Å². The highest BCUT2D eigenvalue weighted by atomic mass is 35.5. The van der Waals surface area contributed by atoms with Gasteiger partial charge in [0.05, 0.1) is 12.1 Å². The van der Waals surface area contributed by atoms with E-state index in [9.17, 15) is 9.59 Å². The van der Waals surface area contributed by atoms with Gasteiger partial charge in [-0.2, -0.15) is 0 Å². The smallest absolute Gasteiger partial charge is 0.255 e. The molecule has 0 heterocycles. The van der Waals surface area contributed by atoms with E-state index in [1.54, 1.807) is 0 Å². The normalized spacial score (nSPS) is 9.70. The first-order valence-corrected chi connectivity index (χ1v) is 7.14. The highest BCUT2D eigenvalue weighted by molar-refractivity contribution is 6.32. The van der Waals surface area contributed by atoms with Crippen molar-refractivity contribution in [1.82, 2.24) is 5.32 Å². The molecule has 0 atom stereocenters. The Hall–Kier alpha value is -1.70. The molecule has 0 aliphatic rings. The molecule has 0 bridgehead atoms. The molecule has 7 nitrogen and oxygen atoms in total. The number of unbranched alkanes of at least 4 members (excludes halogenated alkanes) is 1. The molecule has 130 valence electrons. The first-order valence-electron chi connectivity index (χ1n) is 6.76. The number of amides is 2. The van der Waals surface area contributed by atoms with Crippen LogP contribution in [-0.2, 0) is 4.79 Å². The quantitative estimate of drug-likeness (QED) is 0.566. The molecular formula is C14H21Cl2N3O4. The number of benzene rings is 1. The van der Waals surface area contributed by atoms with E-state index in [4.69, 9.17) is 32.5 Å². The van der Waals surface area contributed by atoms with Crippen molar-refractivity contribution >= 4 is 35.8 Å². The molecule has 23 heavy (non-hydrogen) atoms. The topological polar surface area (TPSA) is 117 Å². The molecule has 1 rings (SSSR count). The van der Waals surface area contributed by atoms with Crippen molar-refractivity contribution in [2.45, 2.75) is 12.8 Å². The van der Waals surface area contributed by atoms with Crippen molar-refractivity contribution in [3.63, 3.8) is 0 Å². The highest BCUT2D eigenvalue weighted by Crippen LogP contribution is 2.36. The minimum atomic E-state index is -0.639. The predicted molar refractivity (Wildman–Crippen MR) is 90.6 cm³/mol. The number of halogens is 2. The number of carbonyl (C=O) groups excluding carboxylic acids is 2. The number of ether oxygens (including phenoxy) is 2. The zero-order valence-corrected chi connectivity index (χ0v) is 14.3. The number of hydrogen-bond donors (Lipinski definition) is 3. The fraction of sp³-hybridized carbons (Fsp3) is 0.429. The number of nitrogens with one attached hydrogen (secondary N) is 1. The fourth-order valence-corrected chi connectivity index (χ4v) is 1.97. The van der Waals surface area contributed by atoms with Gasteiger partial charge in [-0.3, -0.25) is 9.59 Å². The molecule has 0 spiro atoms. The summed E-state index contributed by atoms with van der Waals surface area (Å²) in [5.74, 6) is -0.498. The Labute approximate surface area is 146 Å². The predicted octanol–water partition coefficient (Wildman–Crippen LogP) is 1.10. The van der Waals surface area contributed by atoms with Gasteiger partial charge in [-0.15, -0.1) is 12.4 Å². The van der Waals surface area contributed by atoms with Gasteiger partial charge in [0, 0.05) is 12.1 Å². The van der Waals surface area contributed by atoms with Crippen LogP contribution < -0.4 is 26.3 Å². The van der Waals surface area contributed by atoms with Gasteiger partial charge in [0.15, 0.2) is 18.1 Å². The SMILES string of the molecule is COc1cc(C(=O)NCCCCN)cc(Cl)c1OCC(N)=O.Cl. The van der Waals surface area contributed by atoms with Crippen molar-refractivity contribution in [2.24, 2.45) is 11.5 Å². The van der Waals surface area contributed by atoms with Crippen LogP contribution in [-0.4, -0.2) is 38.6 Å². The molecule has 0 radical (unpaired) electrons. The third-order valence-corrected chi connectivity index (χ3v) is 3.05. The van der Waals surface area contributed by atoms with Crippen LogP contribution in [0.3, 0.4) is 0 Å². The van der Waals surface area contributed by atoms with Crippen molar-refractivity contribution in [3.05, 3.63) is 22.7 Å². The van der Waals surface area contributed by atoms with Crippen LogP contribution in [0.4, 0.5) is 0 Å². The number of primary amides is 1. The van der Waals surface area contributed by atoms with E-state index < -0.39 is 5.91 Å². The Morgan fingerprint density at radius 3 is 2.57 bits per heavy atom. The Balaban J connectivity index is 0.00000484. The van der Waals surface area contributed by atoms with Crippen LogP contribution in [0, 0.1) is 0 Å². The van der Waals surface area contributed by atoms with Crippen molar-refractivity contribution in [3.8, 4) is 11.5 Å². The fourth-order valence-electron chi connectivity index (χ4n) is 1.71. The summed E-state index contributed by atoms with van der Waals surface area (Å²) in [5, 5.41) is 2.92. The maximum atomic E-state index is 12.0. The summed E-state index contributed by atoms with van der Waals surface area (Å²) in [7, 11) is 1.41. The maximum absolute atomic E-state index is 12.0. The minimum Gasteiger partial charge on any atom is -0.493 e. The summed E-state index contributed by atoms with van der Waals surface area (Å²) in [6.45, 7) is 0.776. The lowest BCUT2D eigenvalue weighted by Gasteiger charge is -2.13. The second kappa shape index (κ2) is 10.9. The molecule has 0 aliphatic heterocycles. The molecule has 0 aromatic heterocycles. The summed E-state index contributed by atoms with van der Waals surface area (Å²) in [4.78, 5) is 22.8. The number of nitrogens with two attached hydrogens (primary N) is 2. The van der Waals surface area contributed by atoms with Gasteiger partial charge in [-0.1, -0.05) is 11.6 Å². The minimum absolute atomic E-state index is 0. The molecule has 0 unspecified atom stereocenters. The zero-order valence-electron chi connectivity index (χ0n) is 12.8. The summed E-state index contributed by atoms with van der Waals surface area (Å²) in [6.07, 6.45) is 1.64. The molecule has 1 aromatic rings. The number of rotatable bonds is 9. The van der Waals surface area contributed by atoms with Crippen molar-refractivity contribution in [2.75, 3.05) is 26.8 Å². The molecule has 0 saturated carbocycles. The summed E-state index contributed by atoms with van der Waals surface area (Å²) in [6, 6.07) is 2.93. The first-order chi connectivity index (χ1) is 10.5. The molecule has 2 amide bonds. The largest absolute Gasteiger partial charge is 0.493 e. The van der Waals surface area contributed by atoms with Crippen LogP contribution in [0.25, 0.3) is 0 Å². The summed E-state index contributed by atoms with van der Waals surface area (Å²) in [5.41, 5.74) is 10.7. The van der Waals surface area contributed by atoms with Gasteiger partial charge < -0.3 is 26.3 Å². The molecule has 1 aromatic carbocycles. The average Bonchev–Trinajstić information content (AvgIpc) is 2.49. The highest BCUT2D eigenvalue weighted by Gasteiger charge is 2.16. The van der Waals surface area contributed by atoms with Gasteiger partial charge >= 0.3 is 0 Å². The van der Waals surface area contributed by atoms with Gasteiger partial charge in [0.1, 0.15) is 0 Å². The maximum Gasteiger partial charge on any atom is 0.255 e. The lowest BCUT2D eigenvalue weighted by molar-refractivity contribution is -0.119. The summed E-state index contributed by atoms with van der Waals surface area (Å²) < 4.78 is 10.3. The van der Waals surface area contributed by atoms with E-state index in [-0.39, 0.29) is 41.4 Å². The van der Waals surface area contributed by atoms with Gasteiger partial charge in [0.25, 0.3) is 11.8 Å². The number of carbonyl (C=O) groups is 2. The third-order valence-electron chi connectivity index (χ3n) is 2.77. The van der Waals surface area contributed by atoms with Crippen LogP contribution in [0.1, 0.15) is 23.2 Å². The zero-order chi connectivity index (χ0) is 16.5. The van der Waals surface area contributed by atoms with E-state index >= 15 is 0 Å². The van der Waals surface area contributed by atoms with Crippen LogP contribution in [0.2, 0.25) is 5.02 Å². The van der Waals surface area contributed by atoms with Gasteiger partial charge in [-0.05, 0) is 31.5 Å². The molecule has 9 heteroatoms. The Bertz CT molecular complexity index is 541. The van der Waals surface area contributed by atoms with E-state index in [1.165, 1.54) is 19.2 Å². The van der Waals surface area contributed by atoms with Gasteiger partial charge in [0.2, 0.25) is 0 Å². The molecule has 0 fully saturated rings. The Morgan fingerprint density at radius 2 is 2.00 bits per heavy atom. The second-order valence-electron chi connectivity index (χ2n) is 4.50. The molecule has 0 saturated heterocycles. The van der Waals surface area contributed by atoms with Crippen LogP contribution >= 0.6 is 24.0 Å². The lowest BCUT2D eigenvalue weighted by Crippen LogP contribution is -2.25. The van der Waals surface area contributed by atoms with E-state index in [1.807, 2.05) is 0 Å². The second-order valence-corrected chi connectivity index (χ2v) is 4.90. The van der Waals surface area contributed by atoms with E-state index in [0.29, 0.717) is 18.7 Å². The third kappa shape index (κ3) is 6.94. The number of methoxy groups -OCH3 is 1. The van der Waals surface area contributed by atoms with Crippen LogP contribution in [0.15, 0.2) is 12.1 Å². The van der Waals surface area contributed by atoms with Crippen molar-refractivity contribution in [1.29, 1.82) is 0 Å². The van der Waals surface area contributed by atoms with Gasteiger partial charge in [-0.25, -0.2) is 0 Å². The Kier molecular flexibility index (Phi) is 10.1. The van der Waals surface area contributed by atoms with Crippen molar-refractivity contribution < 1.29 is 19.1 Å². The average molecular weight is 366 g/mol. The molecule has 0 aliphatic carbocycles.